The number of thiocarbonyl (C=S) groups is 1. The maximum Gasteiger partial charge on any atom is 0.262 e. The van der Waals surface area contributed by atoms with Gasteiger partial charge in [-0.25, -0.2) is 0 Å². The zero-order valence-electron chi connectivity index (χ0n) is 14.3. The van der Waals surface area contributed by atoms with Crippen LogP contribution in [-0.2, 0) is 16.0 Å². The number of likely N-dealkylation sites (N-methyl/N-ethyl adjacent to an activating group) is 1. The van der Waals surface area contributed by atoms with E-state index >= 15 is 0 Å². The van der Waals surface area contributed by atoms with Gasteiger partial charge >= 0.3 is 0 Å². The summed E-state index contributed by atoms with van der Waals surface area (Å²) in [5, 5.41) is 13.5. The van der Waals surface area contributed by atoms with Crippen molar-refractivity contribution < 1.29 is 14.7 Å². The van der Waals surface area contributed by atoms with Gasteiger partial charge in [-0.05, 0) is 24.3 Å². The number of likely N-dealkylation sites (tertiary alicyclic amines) is 1. The van der Waals surface area contributed by atoms with Crippen molar-refractivity contribution in [3.63, 3.8) is 0 Å². The molecule has 1 aromatic carbocycles. The Bertz CT molecular complexity index is 632. The van der Waals surface area contributed by atoms with Crippen LogP contribution in [0.25, 0.3) is 0 Å². The third-order valence-electron chi connectivity index (χ3n) is 4.21. The lowest BCUT2D eigenvalue weighted by molar-refractivity contribution is -0.147. The van der Waals surface area contributed by atoms with Crippen LogP contribution in [0.15, 0.2) is 30.3 Å². The molecule has 1 fully saturated rings. The molecule has 1 aliphatic rings. The van der Waals surface area contributed by atoms with E-state index in [9.17, 15) is 14.7 Å². The number of carbonyl (C=O) groups is 2. The molecule has 2 amide bonds. The van der Waals surface area contributed by atoms with Crippen LogP contribution in [0, 0.1) is 5.92 Å². The van der Waals surface area contributed by atoms with Crippen LogP contribution in [0.3, 0.4) is 0 Å². The minimum atomic E-state index is -1.62. The van der Waals surface area contributed by atoms with Gasteiger partial charge < -0.3 is 10.4 Å². The highest BCUT2D eigenvalue weighted by Gasteiger charge is 2.53. The number of nitrogens with zero attached hydrogens (tertiary/aromatic N) is 1. The van der Waals surface area contributed by atoms with Crippen LogP contribution in [0.1, 0.15) is 32.3 Å². The van der Waals surface area contributed by atoms with Crippen LogP contribution >= 0.6 is 12.2 Å². The van der Waals surface area contributed by atoms with E-state index < -0.39 is 17.6 Å². The van der Waals surface area contributed by atoms with Crippen molar-refractivity contribution in [2.75, 3.05) is 7.05 Å². The Labute approximate surface area is 148 Å². The summed E-state index contributed by atoms with van der Waals surface area (Å²) in [6.07, 6.45) is 0.510. The minimum absolute atomic E-state index is 0.107. The van der Waals surface area contributed by atoms with Gasteiger partial charge in [0.15, 0.2) is 5.60 Å². The van der Waals surface area contributed by atoms with Crippen molar-refractivity contribution in [1.29, 1.82) is 0 Å². The number of nitrogens with one attached hydrogen (secondary N) is 1. The molecule has 0 aliphatic carbocycles. The summed E-state index contributed by atoms with van der Waals surface area (Å²) in [5.41, 5.74) is -0.649. The van der Waals surface area contributed by atoms with Crippen LogP contribution in [0.2, 0.25) is 0 Å². The monoisotopic (exact) mass is 348 g/mol. The normalized spacial score (nSPS) is 22.1. The third-order valence-corrected chi connectivity index (χ3v) is 4.68. The molecule has 1 saturated heterocycles. The molecule has 130 valence electrons. The average Bonchev–Trinajstić information content (AvgIpc) is 2.74. The molecule has 0 spiro atoms. The number of rotatable bonds is 6. The van der Waals surface area contributed by atoms with E-state index in [0.717, 1.165) is 10.5 Å². The Balaban J connectivity index is 2.31. The molecule has 1 aliphatic heterocycles. The van der Waals surface area contributed by atoms with Crippen LogP contribution in [0.5, 0.6) is 0 Å². The fraction of sp³-hybridized carbons (Fsp3) is 0.500. The molecule has 0 aromatic heterocycles. The minimum Gasteiger partial charge on any atom is -0.381 e. The predicted octanol–water partition coefficient (Wildman–Crippen LogP) is 1.68. The number of hydrogen-bond donors (Lipinski definition) is 2. The number of benzene rings is 1. The summed E-state index contributed by atoms with van der Waals surface area (Å²) in [7, 11) is 1.67. The molecular formula is C18H24N2O3S. The van der Waals surface area contributed by atoms with Crippen molar-refractivity contribution in [1.82, 2.24) is 10.2 Å². The maximum absolute atomic E-state index is 12.8. The molecule has 0 radical (unpaired) electrons. The third kappa shape index (κ3) is 3.82. The number of imide groups is 1. The first kappa shape index (κ1) is 18.5. The predicted molar refractivity (Wildman–Crippen MR) is 96.5 cm³/mol. The lowest BCUT2D eigenvalue weighted by Gasteiger charge is -2.29. The van der Waals surface area contributed by atoms with Gasteiger partial charge in [-0.1, -0.05) is 56.4 Å². The molecule has 1 heterocycles. The number of amides is 2. The summed E-state index contributed by atoms with van der Waals surface area (Å²) >= 11 is 5.34. The van der Waals surface area contributed by atoms with E-state index in [1.807, 2.05) is 44.2 Å². The summed E-state index contributed by atoms with van der Waals surface area (Å²) in [6.45, 7) is 3.83. The topological polar surface area (TPSA) is 69.6 Å². The molecule has 0 saturated carbocycles. The highest BCUT2D eigenvalue weighted by Crippen LogP contribution is 2.32. The Kier molecular flexibility index (Phi) is 5.72. The van der Waals surface area contributed by atoms with Gasteiger partial charge in [0.25, 0.3) is 5.91 Å². The lowest BCUT2D eigenvalue weighted by Crippen LogP contribution is -2.52. The van der Waals surface area contributed by atoms with Gasteiger partial charge in [-0.15, -0.1) is 0 Å². The largest absolute Gasteiger partial charge is 0.381 e. The molecule has 2 atom stereocenters. The molecule has 0 unspecified atom stereocenters. The number of aliphatic hydroxyl groups is 1. The molecule has 2 N–H and O–H groups in total. The summed E-state index contributed by atoms with van der Waals surface area (Å²) in [4.78, 5) is 26.8. The second-order valence-corrected chi connectivity index (χ2v) is 7.13. The van der Waals surface area contributed by atoms with Gasteiger partial charge in [0.2, 0.25) is 5.91 Å². The van der Waals surface area contributed by atoms with Gasteiger partial charge in [0.1, 0.15) is 0 Å². The fourth-order valence-electron chi connectivity index (χ4n) is 3.20. The maximum atomic E-state index is 12.8. The Morgan fingerprint density at radius 3 is 2.50 bits per heavy atom. The first-order chi connectivity index (χ1) is 11.3. The summed E-state index contributed by atoms with van der Waals surface area (Å²) in [6, 6.07) is 8.97. The highest BCUT2D eigenvalue weighted by atomic mass is 32.1. The number of hydrogen-bond acceptors (Lipinski definition) is 4. The zero-order chi connectivity index (χ0) is 17.9. The zero-order valence-corrected chi connectivity index (χ0v) is 15.1. The lowest BCUT2D eigenvalue weighted by atomic mass is 9.91. The van der Waals surface area contributed by atoms with E-state index in [2.05, 4.69) is 5.32 Å². The van der Waals surface area contributed by atoms with E-state index in [-0.39, 0.29) is 24.7 Å². The van der Waals surface area contributed by atoms with Crippen molar-refractivity contribution in [3.8, 4) is 0 Å². The van der Waals surface area contributed by atoms with E-state index in [0.29, 0.717) is 11.4 Å². The fourth-order valence-corrected chi connectivity index (χ4v) is 3.39. The second-order valence-electron chi connectivity index (χ2n) is 6.69. The quantitative estimate of drug-likeness (QED) is 0.605. The molecule has 0 bridgehead atoms. The van der Waals surface area contributed by atoms with E-state index in [4.69, 9.17) is 12.2 Å². The van der Waals surface area contributed by atoms with Crippen molar-refractivity contribution >= 4 is 29.0 Å². The van der Waals surface area contributed by atoms with Crippen molar-refractivity contribution in [2.45, 2.75) is 44.8 Å². The first-order valence-corrected chi connectivity index (χ1v) is 8.53. The molecule has 1 aromatic rings. The second kappa shape index (κ2) is 7.40. The molecule has 2 rings (SSSR count). The van der Waals surface area contributed by atoms with Gasteiger partial charge in [-0.3, -0.25) is 14.5 Å². The summed E-state index contributed by atoms with van der Waals surface area (Å²) < 4.78 is 0. The van der Waals surface area contributed by atoms with Gasteiger partial charge in [0.05, 0.1) is 17.5 Å². The highest BCUT2D eigenvalue weighted by molar-refractivity contribution is 7.80. The average molecular weight is 348 g/mol. The molecule has 5 nitrogen and oxygen atoms in total. The van der Waals surface area contributed by atoms with Crippen LogP contribution < -0.4 is 5.32 Å². The van der Waals surface area contributed by atoms with Crippen LogP contribution in [-0.4, -0.2) is 45.5 Å². The van der Waals surface area contributed by atoms with Gasteiger partial charge in [0, 0.05) is 7.05 Å². The Hall–Kier alpha value is -1.79. The van der Waals surface area contributed by atoms with E-state index in [1.54, 1.807) is 7.05 Å². The molecular weight excluding hydrogens is 324 g/mol. The SMILES string of the molecule is CNC(=S)[C@H](Cc1ccccc1)N1C(=O)C[C@](O)(CC(C)C)C1=O. The van der Waals surface area contributed by atoms with Crippen LogP contribution in [0.4, 0.5) is 0 Å². The van der Waals surface area contributed by atoms with E-state index in [1.165, 1.54) is 0 Å². The standard InChI is InChI=1S/C18H24N2O3S/c1-12(2)10-18(23)11-15(21)20(17(18)22)14(16(24)19-3)9-13-7-5-4-6-8-13/h4-8,12,14,23H,9-11H2,1-3H3,(H,19,24)/t14-,18+/m0/s1. The Morgan fingerprint density at radius 2 is 1.96 bits per heavy atom. The number of carbonyl (C=O) groups excluding carboxylic acids is 2. The molecule has 24 heavy (non-hydrogen) atoms. The van der Waals surface area contributed by atoms with Gasteiger partial charge in [-0.2, -0.15) is 0 Å². The smallest absolute Gasteiger partial charge is 0.262 e. The molecule has 6 heteroatoms. The Morgan fingerprint density at radius 1 is 1.33 bits per heavy atom. The summed E-state index contributed by atoms with van der Waals surface area (Å²) in [5.74, 6) is -0.808. The first-order valence-electron chi connectivity index (χ1n) is 8.13. The van der Waals surface area contributed by atoms with Crippen molar-refractivity contribution in [2.24, 2.45) is 5.92 Å². The van der Waals surface area contributed by atoms with Crippen molar-refractivity contribution in [3.05, 3.63) is 35.9 Å².